The van der Waals surface area contributed by atoms with Gasteiger partial charge in [-0.05, 0) is 90.2 Å². The van der Waals surface area contributed by atoms with E-state index >= 15 is 0 Å². The summed E-state index contributed by atoms with van der Waals surface area (Å²) >= 11 is 0. The van der Waals surface area contributed by atoms with E-state index in [1.54, 1.807) is 47.6 Å². The molecule has 0 saturated carbocycles. The summed E-state index contributed by atoms with van der Waals surface area (Å²) in [6.07, 6.45) is -1.69. The minimum atomic E-state index is -2.68. The third-order valence-electron chi connectivity index (χ3n) is 10.1. The molecule has 11 nitrogen and oxygen atoms in total. The molecule has 0 spiro atoms. The van der Waals surface area contributed by atoms with Crippen LogP contribution in [0.15, 0.2) is 60.7 Å². The molecule has 0 N–H and O–H groups in total. The quantitative estimate of drug-likeness (QED) is 0.0769. The Balaban J connectivity index is 1.92. The van der Waals surface area contributed by atoms with Crippen LogP contribution in [-0.2, 0) is 39.6 Å². The van der Waals surface area contributed by atoms with Crippen LogP contribution in [0, 0.1) is 11.8 Å². The number of methoxy groups -OCH3 is 1. The summed E-state index contributed by atoms with van der Waals surface area (Å²) in [4.78, 5) is 57.4. The number of nitrogens with zero attached hydrogens (tertiary/aromatic N) is 2. The zero-order chi connectivity index (χ0) is 40.2. The summed E-state index contributed by atoms with van der Waals surface area (Å²) in [6, 6.07) is 18.9. The normalized spacial score (nSPS) is 17.3. The fourth-order valence-electron chi connectivity index (χ4n) is 6.55. The smallest absolute Gasteiger partial charge is 0.419 e. The Hall–Kier alpha value is -4.00. The van der Waals surface area contributed by atoms with Gasteiger partial charge >= 0.3 is 18.2 Å². The number of hydrogen-bond acceptors (Lipinski definition) is 9. The summed E-state index contributed by atoms with van der Waals surface area (Å²) in [5.74, 6) is -3.69. The highest BCUT2D eigenvalue weighted by Crippen LogP contribution is 2.45. The Labute approximate surface area is 321 Å². The van der Waals surface area contributed by atoms with Gasteiger partial charge in [0.2, 0.25) is 5.91 Å². The lowest BCUT2D eigenvalue weighted by Crippen LogP contribution is -2.52. The van der Waals surface area contributed by atoms with E-state index < -0.39 is 67.4 Å². The number of fused-ring (bicyclic) bond motifs is 1. The summed E-state index contributed by atoms with van der Waals surface area (Å²) < 4.78 is 32.0. The minimum absolute atomic E-state index is 0.133. The first-order valence-corrected chi connectivity index (χ1v) is 21.7. The van der Waals surface area contributed by atoms with Crippen LogP contribution in [0.1, 0.15) is 92.3 Å². The summed E-state index contributed by atoms with van der Waals surface area (Å²) in [5.41, 5.74) is 0.251. The molecular formula is C42H60N2O9Si. The van der Waals surface area contributed by atoms with E-state index in [-0.39, 0.29) is 24.6 Å². The second-order valence-corrected chi connectivity index (χ2v) is 22.4. The SMILES string of the molecule is COC(=O)[C@H](c1cc2ccccc2n1C(=O)OC(C)(C)C)[C@@H](CCOCc1ccccc1)[C@H](O[Si](C)(C)C(C)(C)C)[C@H]1CCN(C(=O)OC(C)(C)C)C1=O. The van der Waals surface area contributed by atoms with Crippen molar-refractivity contribution in [3.63, 3.8) is 0 Å². The molecule has 296 valence electrons. The standard InChI is InChI=1S/C42H60N2O9Si/c1-40(2,3)51-38(47)43-24-22-31(36(43)45)35(53-54(11,12)42(7,8)9)30(23-25-50-27-28-18-14-13-15-19-28)34(37(46)49-10)33-26-29-20-16-17-21-32(29)44(33)39(48)52-41(4,5)6/h13-21,26,30-31,34-35H,22-25,27H2,1-12H3/t30-,31-,34+,35+/m1/s1. The maximum Gasteiger partial charge on any atom is 0.419 e. The van der Waals surface area contributed by atoms with E-state index in [2.05, 4.69) is 33.9 Å². The van der Waals surface area contributed by atoms with Crippen LogP contribution in [-0.4, -0.2) is 79.4 Å². The van der Waals surface area contributed by atoms with Gasteiger partial charge in [-0.2, -0.15) is 0 Å². The summed E-state index contributed by atoms with van der Waals surface area (Å²) in [6.45, 7) is 21.8. The zero-order valence-electron chi connectivity index (χ0n) is 34.2. The van der Waals surface area contributed by atoms with Crippen molar-refractivity contribution in [3.8, 4) is 0 Å². The fourth-order valence-corrected chi connectivity index (χ4v) is 7.93. The zero-order valence-corrected chi connectivity index (χ0v) is 35.2. The second-order valence-electron chi connectivity index (χ2n) is 17.6. The van der Waals surface area contributed by atoms with Gasteiger partial charge in [0.05, 0.1) is 31.3 Å². The third kappa shape index (κ3) is 10.4. The monoisotopic (exact) mass is 764 g/mol. The van der Waals surface area contributed by atoms with Crippen LogP contribution >= 0.6 is 0 Å². The van der Waals surface area contributed by atoms with E-state index in [0.717, 1.165) is 15.8 Å². The number of imide groups is 1. The van der Waals surface area contributed by atoms with E-state index in [1.807, 2.05) is 54.6 Å². The largest absolute Gasteiger partial charge is 0.468 e. The van der Waals surface area contributed by atoms with Crippen molar-refractivity contribution in [1.29, 1.82) is 0 Å². The molecule has 54 heavy (non-hydrogen) atoms. The molecule has 1 aliphatic rings. The van der Waals surface area contributed by atoms with Crippen LogP contribution in [0.25, 0.3) is 10.9 Å². The number of carbonyl (C=O) groups is 4. The Morgan fingerprint density at radius 3 is 2.04 bits per heavy atom. The van der Waals surface area contributed by atoms with Crippen molar-refractivity contribution in [2.24, 2.45) is 11.8 Å². The van der Waals surface area contributed by atoms with Gasteiger partial charge in [-0.1, -0.05) is 69.3 Å². The number of ether oxygens (including phenoxy) is 4. The van der Waals surface area contributed by atoms with Gasteiger partial charge in [-0.25, -0.2) is 19.1 Å². The lowest BCUT2D eigenvalue weighted by Gasteiger charge is -2.44. The first kappa shape index (κ1) is 42.7. The molecular weight excluding hydrogens is 705 g/mol. The van der Waals surface area contributed by atoms with Crippen LogP contribution in [0.2, 0.25) is 18.1 Å². The van der Waals surface area contributed by atoms with Gasteiger partial charge < -0.3 is 23.4 Å². The third-order valence-corrected chi connectivity index (χ3v) is 14.6. The molecule has 2 amide bonds. The van der Waals surface area contributed by atoms with Crippen LogP contribution in [0.3, 0.4) is 0 Å². The molecule has 1 fully saturated rings. The van der Waals surface area contributed by atoms with Crippen molar-refractivity contribution < 1.29 is 42.6 Å². The van der Waals surface area contributed by atoms with Crippen molar-refractivity contribution in [2.75, 3.05) is 20.3 Å². The summed E-state index contributed by atoms with van der Waals surface area (Å²) in [5, 5.41) is 0.444. The maximum absolute atomic E-state index is 14.4. The lowest BCUT2D eigenvalue weighted by molar-refractivity contribution is -0.147. The number of hydrogen-bond donors (Lipinski definition) is 0. The molecule has 2 heterocycles. The van der Waals surface area contributed by atoms with Crippen molar-refractivity contribution in [2.45, 2.75) is 123 Å². The minimum Gasteiger partial charge on any atom is -0.468 e. The Kier molecular flexibility index (Phi) is 13.3. The van der Waals surface area contributed by atoms with Gasteiger partial charge in [-0.15, -0.1) is 0 Å². The Morgan fingerprint density at radius 1 is 0.852 bits per heavy atom. The van der Waals surface area contributed by atoms with E-state index in [9.17, 15) is 19.2 Å². The van der Waals surface area contributed by atoms with Crippen LogP contribution in [0.5, 0.6) is 0 Å². The number of aromatic nitrogens is 1. The number of rotatable bonds is 12. The lowest BCUT2D eigenvalue weighted by atomic mass is 9.77. The molecule has 3 aromatic rings. The first-order chi connectivity index (χ1) is 25.0. The maximum atomic E-state index is 14.4. The van der Waals surface area contributed by atoms with Gasteiger partial charge in [0.25, 0.3) is 0 Å². The van der Waals surface area contributed by atoms with Crippen LogP contribution in [0.4, 0.5) is 9.59 Å². The fraction of sp³-hybridized carbons (Fsp3) is 0.571. The van der Waals surface area contributed by atoms with Crippen LogP contribution < -0.4 is 0 Å². The first-order valence-electron chi connectivity index (χ1n) is 18.8. The Morgan fingerprint density at radius 2 is 1.44 bits per heavy atom. The number of likely N-dealkylation sites (tertiary alicyclic amines) is 1. The molecule has 2 aromatic carbocycles. The molecule has 4 rings (SSSR count). The molecule has 1 saturated heterocycles. The highest BCUT2D eigenvalue weighted by atomic mass is 28.4. The highest BCUT2D eigenvalue weighted by molar-refractivity contribution is 6.74. The van der Waals surface area contributed by atoms with Gasteiger partial charge in [0, 0.05) is 30.1 Å². The van der Waals surface area contributed by atoms with Crippen molar-refractivity contribution >= 4 is 43.3 Å². The molecule has 1 aliphatic heterocycles. The molecule has 12 heteroatoms. The van der Waals surface area contributed by atoms with Crippen molar-refractivity contribution in [1.82, 2.24) is 9.47 Å². The predicted molar refractivity (Wildman–Crippen MR) is 211 cm³/mol. The topological polar surface area (TPSA) is 123 Å². The number of amides is 2. The predicted octanol–water partition coefficient (Wildman–Crippen LogP) is 9.08. The number of para-hydroxylation sites is 1. The average molecular weight is 765 g/mol. The molecule has 4 atom stereocenters. The number of benzene rings is 2. The van der Waals surface area contributed by atoms with E-state index in [0.29, 0.717) is 24.2 Å². The van der Waals surface area contributed by atoms with Gasteiger partial charge in [-0.3, -0.25) is 9.59 Å². The number of carbonyl (C=O) groups excluding carboxylic acids is 4. The van der Waals surface area contributed by atoms with Crippen molar-refractivity contribution in [3.05, 3.63) is 71.9 Å². The second kappa shape index (κ2) is 16.8. The molecule has 0 unspecified atom stereocenters. The average Bonchev–Trinajstić information content (AvgIpc) is 3.63. The number of esters is 1. The van der Waals surface area contributed by atoms with E-state index in [1.165, 1.54) is 11.7 Å². The molecule has 0 radical (unpaired) electrons. The molecule has 0 aliphatic carbocycles. The summed E-state index contributed by atoms with van der Waals surface area (Å²) in [7, 11) is -1.37. The highest BCUT2D eigenvalue weighted by Gasteiger charge is 2.52. The Bertz CT molecular complexity index is 1780. The molecule has 1 aromatic heterocycles. The van der Waals surface area contributed by atoms with E-state index in [4.69, 9.17) is 23.4 Å². The van der Waals surface area contributed by atoms with Gasteiger partial charge in [0.1, 0.15) is 17.1 Å². The molecule has 0 bridgehead atoms. The van der Waals surface area contributed by atoms with Gasteiger partial charge in [0.15, 0.2) is 8.32 Å².